The summed E-state index contributed by atoms with van der Waals surface area (Å²) < 4.78 is 7.84. The van der Waals surface area contributed by atoms with Gasteiger partial charge in [0.15, 0.2) is 0 Å². The SMILES string of the molecule is Cn1ccnc1C(N)C1CC2CCC1O2. The van der Waals surface area contributed by atoms with Gasteiger partial charge in [-0.15, -0.1) is 0 Å². The number of hydrogen-bond donors (Lipinski definition) is 1. The third-order valence-electron chi connectivity index (χ3n) is 3.77. The zero-order chi connectivity index (χ0) is 10.4. The van der Waals surface area contributed by atoms with Gasteiger partial charge in [-0.1, -0.05) is 0 Å². The van der Waals surface area contributed by atoms with Crippen LogP contribution in [-0.4, -0.2) is 21.8 Å². The minimum Gasteiger partial charge on any atom is -0.375 e. The maximum absolute atomic E-state index is 6.27. The minimum absolute atomic E-state index is 0.0281. The van der Waals surface area contributed by atoms with Gasteiger partial charge < -0.3 is 15.0 Å². The van der Waals surface area contributed by atoms with E-state index < -0.39 is 0 Å². The molecule has 4 heteroatoms. The molecule has 1 aromatic rings. The number of rotatable bonds is 2. The van der Waals surface area contributed by atoms with Gasteiger partial charge in [-0.3, -0.25) is 0 Å². The topological polar surface area (TPSA) is 53.1 Å². The highest BCUT2D eigenvalue weighted by atomic mass is 16.5. The second-order valence-corrected chi connectivity index (χ2v) is 4.70. The first kappa shape index (κ1) is 9.36. The molecule has 82 valence electrons. The molecule has 2 aliphatic rings. The van der Waals surface area contributed by atoms with Crippen molar-refractivity contribution in [3.8, 4) is 0 Å². The molecule has 0 amide bonds. The minimum atomic E-state index is 0.0281. The van der Waals surface area contributed by atoms with E-state index in [0.29, 0.717) is 18.1 Å². The van der Waals surface area contributed by atoms with Crippen molar-refractivity contribution in [3.63, 3.8) is 0 Å². The van der Waals surface area contributed by atoms with Crippen molar-refractivity contribution >= 4 is 0 Å². The number of nitrogens with zero attached hydrogens (tertiary/aromatic N) is 2. The number of ether oxygens (including phenoxy) is 1. The van der Waals surface area contributed by atoms with Gasteiger partial charge in [-0.25, -0.2) is 4.98 Å². The number of hydrogen-bond acceptors (Lipinski definition) is 3. The quantitative estimate of drug-likeness (QED) is 0.786. The summed E-state index contributed by atoms with van der Waals surface area (Å²) in [6.07, 6.45) is 8.10. The molecule has 4 nitrogen and oxygen atoms in total. The molecule has 1 aromatic heterocycles. The number of aromatic nitrogens is 2. The summed E-state index contributed by atoms with van der Waals surface area (Å²) in [7, 11) is 2.00. The second-order valence-electron chi connectivity index (χ2n) is 4.70. The van der Waals surface area contributed by atoms with E-state index >= 15 is 0 Å². The standard InChI is InChI=1S/C11H17N3O/c1-14-5-4-13-11(14)10(12)8-6-7-2-3-9(8)15-7/h4-5,7-10H,2-3,6,12H2,1H3. The first-order valence-corrected chi connectivity index (χ1v) is 5.64. The van der Waals surface area contributed by atoms with Crippen LogP contribution in [0.15, 0.2) is 12.4 Å². The molecular formula is C11H17N3O. The van der Waals surface area contributed by atoms with Crippen LogP contribution in [0.3, 0.4) is 0 Å². The molecule has 2 N–H and O–H groups in total. The Morgan fingerprint density at radius 3 is 3.00 bits per heavy atom. The Balaban J connectivity index is 1.81. The predicted molar refractivity (Wildman–Crippen MR) is 56.1 cm³/mol. The molecule has 3 rings (SSSR count). The maximum Gasteiger partial charge on any atom is 0.125 e. The van der Waals surface area contributed by atoms with Gasteiger partial charge in [0.05, 0.1) is 18.2 Å². The zero-order valence-corrected chi connectivity index (χ0v) is 8.97. The molecule has 4 atom stereocenters. The summed E-state index contributed by atoms with van der Waals surface area (Å²) in [5.74, 6) is 1.45. The van der Waals surface area contributed by atoms with Gasteiger partial charge in [0, 0.05) is 25.4 Å². The van der Waals surface area contributed by atoms with E-state index in [2.05, 4.69) is 4.98 Å². The summed E-state index contributed by atoms with van der Waals surface area (Å²) in [4.78, 5) is 4.33. The second kappa shape index (κ2) is 3.32. The largest absolute Gasteiger partial charge is 0.375 e. The van der Waals surface area contributed by atoms with E-state index in [1.807, 2.05) is 24.0 Å². The van der Waals surface area contributed by atoms with Crippen LogP contribution in [0.5, 0.6) is 0 Å². The average molecular weight is 207 g/mol. The lowest BCUT2D eigenvalue weighted by atomic mass is 9.84. The van der Waals surface area contributed by atoms with Gasteiger partial charge in [0.1, 0.15) is 5.82 Å². The zero-order valence-electron chi connectivity index (χ0n) is 8.97. The van der Waals surface area contributed by atoms with E-state index in [9.17, 15) is 0 Å². The smallest absolute Gasteiger partial charge is 0.125 e. The first-order valence-electron chi connectivity index (χ1n) is 5.64. The van der Waals surface area contributed by atoms with E-state index in [0.717, 1.165) is 12.2 Å². The van der Waals surface area contributed by atoms with Crippen molar-refractivity contribution in [2.24, 2.45) is 18.7 Å². The van der Waals surface area contributed by atoms with Crippen LogP contribution in [0.2, 0.25) is 0 Å². The van der Waals surface area contributed by atoms with Gasteiger partial charge in [-0.05, 0) is 19.3 Å². The van der Waals surface area contributed by atoms with E-state index in [1.165, 1.54) is 12.8 Å². The molecule has 15 heavy (non-hydrogen) atoms. The molecule has 4 unspecified atom stereocenters. The highest BCUT2D eigenvalue weighted by molar-refractivity contribution is 5.05. The molecule has 0 saturated carbocycles. The molecule has 3 heterocycles. The monoisotopic (exact) mass is 207 g/mol. The Bertz CT molecular complexity index is 362. The van der Waals surface area contributed by atoms with Gasteiger partial charge in [0.25, 0.3) is 0 Å². The van der Waals surface area contributed by atoms with Crippen LogP contribution in [0.4, 0.5) is 0 Å². The maximum atomic E-state index is 6.27. The Kier molecular flexibility index (Phi) is 2.07. The van der Waals surface area contributed by atoms with Crippen LogP contribution in [0, 0.1) is 5.92 Å². The van der Waals surface area contributed by atoms with E-state index in [-0.39, 0.29) is 6.04 Å². The normalized spacial score (nSPS) is 36.0. The molecule has 0 radical (unpaired) electrons. The molecule has 2 bridgehead atoms. The molecule has 0 aliphatic carbocycles. The number of nitrogens with two attached hydrogens (primary N) is 1. The van der Waals surface area contributed by atoms with Crippen molar-refractivity contribution in [1.29, 1.82) is 0 Å². The highest BCUT2D eigenvalue weighted by Crippen LogP contribution is 2.43. The lowest BCUT2D eigenvalue weighted by molar-refractivity contribution is 0.0878. The average Bonchev–Trinajstić information content (AvgIpc) is 2.91. The van der Waals surface area contributed by atoms with Crippen LogP contribution >= 0.6 is 0 Å². The summed E-state index contributed by atoms with van der Waals surface area (Å²) >= 11 is 0. The van der Waals surface area contributed by atoms with Crippen LogP contribution in [0.25, 0.3) is 0 Å². The molecule has 0 spiro atoms. The summed E-state index contributed by atoms with van der Waals surface area (Å²) in [6.45, 7) is 0. The summed E-state index contributed by atoms with van der Waals surface area (Å²) in [6, 6.07) is 0.0281. The number of fused-ring (bicyclic) bond motifs is 2. The summed E-state index contributed by atoms with van der Waals surface area (Å²) in [5, 5.41) is 0. The van der Waals surface area contributed by atoms with Gasteiger partial charge in [-0.2, -0.15) is 0 Å². The highest BCUT2D eigenvalue weighted by Gasteiger charge is 2.44. The van der Waals surface area contributed by atoms with Crippen molar-refractivity contribution in [2.75, 3.05) is 0 Å². The van der Waals surface area contributed by atoms with Gasteiger partial charge >= 0.3 is 0 Å². The Labute approximate surface area is 89.4 Å². The van der Waals surface area contributed by atoms with Crippen molar-refractivity contribution in [2.45, 2.75) is 37.5 Å². The Morgan fingerprint density at radius 2 is 2.47 bits per heavy atom. The molecule has 0 aromatic carbocycles. The summed E-state index contributed by atoms with van der Waals surface area (Å²) in [5.41, 5.74) is 6.27. The van der Waals surface area contributed by atoms with E-state index in [1.54, 1.807) is 0 Å². The number of imidazole rings is 1. The van der Waals surface area contributed by atoms with Gasteiger partial charge in [0.2, 0.25) is 0 Å². The fraction of sp³-hybridized carbons (Fsp3) is 0.727. The van der Waals surface area contributed by atoms with Crippen molar-refractivity contribution in [1.82, 2.24) is 9.55 Å². The first-order chi connectivity index (χ1) is 7.25. The molecular weight excluding hydrogens is 190 g/mol. The third kappa shape index (κ3) is 1.40. The fourth-order valence-corrected chi connectivity index (χ4v) is 2.94. The predicted octanol–water partition coefficient (Wildman–Crippen LogP) is 0.987. The Morgan fingerprint density at radius 1 is 1.60 bits per heavy atom. The Hall–Kier alpha value is -0.870. The molecule has 2 aliphatic heterocycles. The lowest BCUT2D eigenvalue weighted by Gasteiger charge is -2.24. The van der Waals surface area contributed by atoms with Crippen molar-refractivity contribution < 1.29 is 4.74 Å². The van der Waals surface area contributed by atoms with Crippen LogP contribution < -0.4 is 5.73 Å². The van der Waals surface area contributed by atoms with Crippen molar-refractivity contribution in [3.05, 3.63) is 18.2 Å². The van der Waals surface area contributed by atoms with E-state index in [4.69, 9.17) is 10.5 Å². The fourth-order valence-electron chi connectivity index (χ4n) is 2.94. The lowest BCUT2D eigenvalue weighted by Crippen LogP contribution is -2.31. The number of aryl methyl sites for hydroxylation is 1. The third-order valence-corrected chi connectivity index (χ3v) is 3.77. The molecule has 2 saturated heterocycles. The van der Waals surface area contributed by atoms with Crippen LogP contribution in [0.1, 0.15) is 31.1 Å². The van der Waals surface area contributed by atoms with Crippen LogP contribution in [-0.2, 0) is 11.8 Å². The molecule has 2 fully saturated rings.